The van der Waals surface area contributed by atoms with Crippen molar-refractivity contribution in [2.45, 2.75) is 31.0 Å². The number of aliphatic hydroxyl groups excluding tert-OH is 1. The van der Waals surface area contributed by atoms with Crippen molar-refractivity contribution < 1.29 is 18.3 Å². The Morgan fingerprint density at radius 2 is 2.00 bits per heavy atom. The summed E-state index contributed by atoms with van der Waals surface area (Å²) < 4.78 is 38.5. The molecule has 25 heavy (non-hydrogen) atoms. The summed E-state index contributed by atoms with van der Waals surface area (Å²) in [5.74, 6) is 2.41. The first kappa shape index (κ1) is 16.5. The van der Waals surface area contributed by atoms with Gasteiger partial charge in [-0.05, 0) is 25.0 Å². The molecular weight excluding hydrogens is 337 g/mol. The topological polar surface area (TPSA) is 78.6 Å². The lowest BCUT2D eigenvalue weighted by Gasteiger charge is -2.40. The maximum atomic E-state index is 12.2. The number of aliphatic hydroxyl groups is 1. The molecule has 2 aliphatic rings. The molecule has 0 aromatic carbocycles. The van der Waals surface area contributed by atoms with E-state index in [9.17, 15) is 13.2 Å². The molecule has 1 unspecified atom stereocenters. The van der Waals surface area contributed by atoms with E-state index < -0.39 is 18.8 Å². The van der Waals surface area contributed by atoms with Gasteiger partial charge < -0.3 is 15.3 Å². The molecule has 1 aliphatic heterocycles. The molecule has 1 atom stereocenters. The Hall–Kier alpha value is -1.94. The number of nitrogens with zero attached hydrogens (tertiary/aromatic N) is 5. The van der Waals surface area contributed by atoms with Gasteiger partial charge in [0.25, 0.3) is 0 Å². The van der Waals surface area contributed by atoms with Crippen molar-refractivity contribution in [3.05, 3.63) is 18.0 Å². The molecule has 1 saturated heterocycles. The Balaban J connectivity index is 1.30. The van der Waals surface area contributed by atoms with Crippen molar-refractivity contribution in [1.82, 2.24) is 25.1 Å². The number of fused-ring (bicyclic) bond motifs is 1. The predicted octanol–water partition coefficient (Wildman–Crippen LogP) is 0.951. The monoisotopic (exact) mass is 356 g/mol. The lowest BCUT2D eigenvalue weighted by Crippen LogP contribution is -2.52. The van der Waals surface area contributed by atoms with Crippen molar-refractivity contribution in [3.63, 3.8) is 0 Å². The molecule has 136 valence electrons. The van der Waals surface area contributed by atoms with Crippen LogP contribution in [-0.2, 0) is 0 Å². The van der Waals surface area contributed by atoms with E-state index in [1.165, 1.54) is 0 Å². The molecule has 1 aliphatic carbocycles. The van der Waals surface area contributed by atoms with Crippen molar-refractivity contribution in [1.29, 1.82) is 0 Å². The number of anilines is 1. The molecule has 10 heteroatoms. The maximum absolute atomic E-state index is 12.2. The Labute approximate surface area is 141 Å². The third-order valence-corrected chi connectivity index (χ3v) is 4.65. The molecule has 0 bridgehead atoms. The van der Waals surface area contributed by atoms with Crippen LogP contribution in [0.1, 0.15) is 24.6 Å². The summed E-state index contributed by atoms with van der Waals surface area (Å²) in [5.41, 5.74) is 0.727. The Bertz CT molecular complexity index is 753. The third-order valence-electron chi connectivity index (χ3n) is 4.65. The van der Waals surface area contributed by atoms with Gasteiger partial charge in [-0.1, -0.05) is 0 Å². The fourth-order valence-corrected chi connectivity index (χ4v) is 2.99. The highest BCUT2D eigenvalue weighted by Crippen LogP contribution is 2.38. The molecule has 2 fully saturated rings. The Morgan fingerprint density at radius 1 is 1.24 bits per heavy atom. The zero-order chi connectivity index (χ0) is 17.6. The largest absolute Gasteiger partial charge is 0.415 e. The van der Waals surface area contributed by atoms with Gasteiger partial charge in [0.15, 0.2) is 17.6 Å². The molecule has 7 nitrogen and oxygen atoms in total. The van der Waals surface area contributed by atoms with Gasteiger partial charge in [0, 0.05) is 38.0 Å². The first-order valence-corrected chi connectivity index (χ1v) is 8.34. The summed E-state index contributed by atoms with van der Waals surface area (Å²) in [4.78, 5) is 2.07. The van der Waals surface area contributed by atoms with E-state index in [0.717, 1.165) is 30.1 Å². The molecule has 0 radical (unpaired) electrons. The summed E-state index contributed by atoms with van der Waals surface area (Å²) in [6, 6.07) is 3.77. The smallest absolute Gasteiger partial charge is 0.382 e. The van der Waals surface area contributed by atoms with Crippen molar-refractivity contribution in [2.24, 2.45) is 5.92 Å². The summed E-state index contributed by atoms with van der Waals surface area (Å²) in [6.07, 6.45) is -4.65. The second-order valence-corrected chi connectivity index (χ2v) is 6.78. The van der Waals surface area contributed by atoms with Crippen LogP contribution >= 0.6 is 0 Å². The van der Waals surface area contributed by atoms with Crippen LogP contribution in [0.4, 0.5) is 19.0 Å². The minimum Gasteiger partial charge on any atom is -0.382 e. The predicted molar refractivity (Wildman–Crippen MR) is 83.4 cm³/mol. The molecule has 0 amide bonds. The molecule has 2 aromatic rings. The lowest BCUT2D eigenvalue weighted by atomic mass is 10.0. The van der Waals surface area contributed by atoms with Crippen molar-refractivity contribution in [2.75, 3.05) is 31.1 Å². The summed E-state index contributed by atoms with van der Waals surface area (Å²) in [5, 5.41) is 24.6. The molecule has 3 heterocycles. The number of hydrogen-bond acceptors (Lipinski definition) is 6. The van der Waals surface area contributed by atoms with Crippen LogP contribution in [-0.4, -0.2) is 63.4 Å². The molecular formula is C15H19F3N6O. The van der Waals surface area contributed by atoms with E-state index in [4.69, 9.17) is 5.11 Å². The lowest BCUT2D eigenvalue weighted by molar-refractivity contribution is -0.201. The van der Waals surface area contributed by atoms with Crippen LogP contribution in [0.25, 0.3) is 5.65 Å². The summed E-state index contributed by atoms with van der Waals surface area (Å²) in [6.45, 7) is 1.39. The van der Waals surface area contributed by atoms with Gasteiger partial charge in [0.05, 0.1) is 0 Å². The molecule has 0 spiro atoms. The zero-order valence-corrected chi connectivity index (χ0v) is 13.4. The van der Waals surface area contributed by atoms with Crippen LogP contribution in [0.5, 0.6) is 0 Å². The molecule has 2 aromatic heterocycles. The average molecular weight is 356 g/mol. The van der Waals surface area contributed by atoms with Gasteiger partial charge in [0.2, 0.25) is 0 Å². The second kappa shape index (κ2) is 6.10. The van der Waals surface area contributed by atoms with Crippen LogP contribution in [0.2, 0.25) is 0 Å². The van der Waals surface area contributed by atoms with E-state index >= 15 is 0 Å². The normalized spacial score (nSPS) is 20.1. The highest BCUT2D eigenvalue weighted by Gasteiger charge is 2.38. The Morgan fingerprint density at radius 3 is 2.68 bits per heavy atom. The highest BCUT2D eigenvalue weighted by molar-refractivity contribution is 5.47. The van der Waals surface area contributed by atoms with Crippen molar-refractivity contribution in [3.8, 4) is 0 Å². The van der Waals surface area contributed by atoms with E-state index in [2.05, 4.69) is 25.5 Å². The standard InChI is InChI=1S/C15H19F3N6O/c16-15(17,18)11(25)6-19-5-9-7-23(8-9)13-4-3-12-20-21-14(10-1-2-10)24(12)22-13/h3-4,9-11,19,25H,1-2,5-8H2. The third kappa shape index (κ3) is 3.40. The SMILES string of the molecule is OC(CNCC1CN(c2ccc3nnc(C4CC4)n3n2)C1)C(F)(F)F. The van der Waals surface area contributed by atoms with Crippen LogP contribution < -0.4 is 10.2 Å². The van der Waals surface area contributed by atoms with E-state index in [-0.39, 0.29) is 5.92 Å². The van der Waals surface area contributed by atoms with Gasteiger partial charge in [-0.15, -0.1) is 15.3 Å². The van der Waals surface area contributed by atoms with E-state index in [1.807, 2.05) is 12.1 Å². The van der Waals surface area contributed by atoms with Gasteiger partial charge in [-0.3, -0.25) is 0 Å². The van der Waals surface area contributed by atoms with E-state index in [0.29, 0.717) is 25.6 Å². The van der Waals surface area contributed by atoms with Gasteiger partial charge in [0.1, 0.15) is 5.82 Å². The van der Waals surface area contributed by atoms with Gasteiger partial charge in [-0.25, -0.2) is 0 Å². The number of nitrogens with one attached hydrogen (secondary N) is 1. The average Bonchev–Trinajstić information content (AvgIpc) is 3.27. The number of rotatable bonds is 6. The first-order chi connectivity index (χ1) is 11.9. The number of aromatic nitrogens is 4. The molecule has 2 N–H and O–H groups in total. The molecule has 1 saturated carbocycles. The second-order valence-electron chi connectivity index (χ2n) is 6.78. The van der Waals surface area contributed by atoms with Crippen LogP contribution in [0.3, 0.4) is 0 Å². The zero-order valence-electron chi connectivity index (χ0n) is 13.4. The minimum absolute atomic E-state index is 0.238. The molecule has 4 rings (SSSR count). The van der Waals surface area contributed by atoms with Crippen LogP contribution in [0, 0.1) is 5.92 Å². The number of hydrogen-bond donors (Lipinski definition) is 2. The summed E-state index contributed by atoms with van der Waals surface area (Å²) in [7, 11) is 0. The van der Waals surface area contributed by atoms with Gasteiger partial charge >= 0.3 is 6.18 Å². The minimum atomic E-state index is -4.57. The number of halogens is 3. The quantitative estimate of drug-likeness (QED) is 0.803. The summed E-state index contributed by atoms with van der Waals surface area (Å²) >= 11 is 0. The first-order valence-electron chi connectivity index (χ1n) is 8.34. The van der Waals surface area contributed by atoms with Crippen molar-refractivity contribution >= 4 is 11.5 Å². The van der Waals surface area contributed by atoms with Gasteiger partial charge in [-0.2, -0.15) is 17.7 Å². The number of alkyl halides is 3. The fraction of sp³-hybridized carbons (Fsp3) is 0.667. The fourth-order valence-electron chi connectivity index (χ4n) is 2.99. The van der Waals surface area contributed by atoms with E-state index in [1.54, 1.807) is 4.52 Å². The Kier molecular flexibility index (Phi) is 4.03. The maximum Gasteiger partial charge on any atom is 0.415 e. The van der Waals surface area contributed by atoms with Crippen LogP contribution in [0.15, 0.2) is 12.1 Å². The highest BCUT2D eigenvalue weighted by atomic mass is 19.4.